The molecule has 0 heterocycles. The molecule has 2 rings (SSSR count). The Bertz CT molecular complexity index is 507. The molecule has 4 heteroatoms. The zero-order valence-corrected chi connectivity index (χ0v) is 13.2. The van der Waals surface area contributed by atoms with Gasteiger partial charge in [-0.1, -0.05) is 13.8 Å². The largest absolute Gasteiger partial charge is 0.496 e. The molecule has 0 spiro atoms. The van der Waals surface area contributed by atoms with Crippen LogP contribution in [-0.2, 0) is 12.8 Å². The average molecular weight is 291 g/mol. The molecule has 1 unspecified atom stereocenters. The van der Waals surface area contributed by atoms with Gasteiger partial charge in [0.25, 0.3) is 0 Å². The highest BCUT2D eigenvalue weighted by Gasteiger charge is 2.28. The maximum atomic E-state index is 11.3. The van der Waals surface area contributed by atoms with E-state index in [0.29, 0.717) is 11.8 Å². The molecule has 1 aliphatic carbocycles. The summed E-state index contributed by atoms with van der Waals surface area (Å²) in [4.78, 5) is 13.8. The first-order valence-electron chi connectivity index (χ1n) is 7.77. The standard InChI is InChI=1S/C17H25NO3/c1-4-6-18(7-5-2)14-8-12-10-15(17(19)20)16(21-3)11-13(12)9-14/h10-11,14H,4-9H2,1-3H3,(H,19,20). The second-order valence-electron chi connectivity index (χ2n) is 5.72. The summed E-state index contributed by atoms with van der Waals surface area (Å²) in [6, 6.07) is 4.20. The highest BCUT2D eigenvalue weighted by molar-refractivity contribution is 5.91. The van der Waals surface area contributed by atoms with E-state index < -0.39 is 5.97 Å². The first-order valence-corrected chi connectivity index (χ1v) is 7.77. The molecule has 4 nitrogen and oxygen atoms in total. The summed E-state index contributed by atoms with van der Waals surface area (Å²) < 4.78 is 5.23. The molecule has 1 aromatic carbocycles. The monoisotopic (exact) mass is 291 g/mol. The van der Waals surface area contributed by atoms with E-state index in [1.165, 1.54) is 12.7 Å². The van der Waals surface area contributed by atoms with Crippen LogP contribution in [0.5, 0.6) is 5.75 Å². The molecule has 0 bridgehead atoms. The molecule has 0 aromatic heterocycles. The summed E-state index contributed by atoms with van der Waals surface area (Å²) in [6.07, 6.45) is 4.23. The van der Waals surface area contributed by atoms with Crippen LogP contribution in [0.15, 0.2) is 12.1 Å². The Kier molecular flexibility index (Phi) is 5.23. The van der Waals surface area contributed by atoms with Gasteiger partial charge in [0.2, 0.25) is 0 Å². The molecule has 0 radical (unpaired) electrons. The lowest BCUT2D eigenvalue weighted by molar-refractivity contribution is 0.0693. The minimum absolute atomic E-state index is 0.273. The topological polar surface area (TPSA) is 49.8 Å². The van der Waals surface area contributed by atoms with Crippen LogP contribution >= 0.6 is 0 Å². The zero-order valence-electron chi connectivity index (χ0n) is 13.2. The summed E-state index contributed by atoms with van der Waals surface area (Å²) in [5, 5.41) is 9.28. The molecular weight excluding hydrogens is 266 g/mol. The lowest BCUT2D eigenvalue weighted by Crippen LogP contribution is -2.37. The Labute approximate surface area is 126 Å². The third-order valence-corrected chi connectivity index (χ3v) is 4.20. The third-order valence-electron chi connectivity index (χ3n) is 4.20. The van der Waals surface area contributed by atoms with Gasteiger partial charge in [0, 0.05) is 6.04 Å². The van der Waals surface area contributed by atoms with Gasteiger partial charge >= 0.3 is 5.97 Å². The number of methoxy groups -OCH3 is 1. The zero-order chi connectivity index (χ0) is 15.4. The molecule has 1 N–H and O–H groups in total. The van der Waals surface area contributed by atoms with Crippen LogP contribution in [0.4, 0.5) is 0 Å². The van der Waals surface area contributed by atoms with Crippen molar-refractivity contribution in [2.24, 2.45) is 0 Å². The van der Waals surface area contributed by atoms with Crippen molar-refractivity contribution in [3.63, 3.8) is 0 Å². The number of nitrogens with zero attached hydrogens (tertiary/aromatic N) is 1. The summed E-state index contributed by atoms with van der Waals surface area (Å²) in [5.41, 5.74) is 2.67. The van der Waals surface area contributed by atoms with E-state index in [2.05, 4.69) is 18.7 Å². The summed E-state index contributed by atoms with van der Waals surface area (Å²) in [7, 11) is 1.53. The van der Waals surface area contributed by atoms with E-state index in [9.17, 15) is 9.90 Å². The van der Waals surface area contributed by atoms with Crippen LogP contribution in [0.1, 0.15) is 48.2 Å². The van der Waals surface area contributed by atoms with Gasteiger partial charge in [-0.25, -0.2) is 4.79 Å². The number of carboxylic acids is 1. The highest BCUT2D eigenvalue weighted by Crippen LogP contribution is 2.32. The maximum absolute atomic E-state index is 11.3. The van der Waals surface area contributed by atoms with E-state index >= 15 is 0 Å². The van der Waals surface area contributed by atoms with E-state index in [0.717, 1.165) is 44.3 Å². The number of rotatable bonds is 7. The van der Waals surface area contributed by atoms with Crippen molar-refractivity contribution < 1.29 is 14.6 Å². The molecule has 21 heavy (non-hydrogen) atoms. The number of fused-ring (bicyclic) bond motifs is 1. The molecule has 1 aliphatic rings. The summed E-state index contributed by atoms with van der Waals surface area (Å²) >= 11 is 0. The number of carboxylic acid groups (broad SMARTS) is 1. The smallest absolute Gasteiger partial charge is 0.339 e. The van der Waals surface area contributed by atoms with Gasteiger partial charge in [0.15, 0.2) is 0 Å². The number of carbonyl (C=O) groups is 1. The van der Waals surface area contributed by atoms with Gasteiger partial charge in [0.1, 0.15) is 11.3 Å². The van der Waals surface area contributed by atoms with Crippen LogP contribution in [0.2, 0.25) is 0 Å². The lowest BCUT2D eigenvalue weighted by atomic mass is 10.1. The second kappa shape index (κ2) is 6.94. The molecule has 1 aromatic rings. The second-order valence-corrected chi connectivity index (χ2v) is 5.72. The SMILES string of the molecule is CCCN(CCC)C1Cc2cc(OC)c(C(=O)O)cc2C1. The number of benzene rings is 1. The average Bonchev–Trinajstić information content (AvgIpc) is 2.88. The molecule has 0 fully saturated rings. The third kappa shape index (κ3) is 3.38. The van der Waals surface area contributed by atoms with E-state index in [1.54, 1.807) is 6.07 Å². The first-order chi connectivity index (χ1) is 10.1. The first kappa shape index (κ1) is 15.8. The summed E-state index contributed by atoms with van der Waals surface area (Å²) in [6.45, 7) is 6.62. The fourth-order valence-corrected chi connectivity index (χ4v) is 3.27. The Morgan fingerprint density at radius 2 is 1.81 bits per heavy atom. The van der Waals surface area contributed by atoms with Gasteiger partial charge in [0.05, 0.1) is 7.11 Å². The fourth-order valence-electron chi connectivity index (χ4n) is 3.27. The summed E-state index contributed by atoms with van der Waals surface area (Å²) in [5.74, 6) is -0.448. The quantitative estimate of drug-likeness (QED) is 0.839. The normalized spacial score (nSPS) is 17.0. The van der Waals surface area contributed by atoms with Crippen molar-refractivity contribution in [2.75, 3.05) is 20.2 Å². The number of hydrogen-bond acceptors (Lipinski definition) is 3. The van der Waals surface area contributed by atoms with Crippen molar-refractivity contribution in [1.29, 1.82) is 0 Å². The van der Waals surface area contributed by atoms with Crippen LogP contribution in [0, 0.1) is 0 Å². The highest BCUT2D eigenvalue weighted by atomic mass is 16.5. The van der Waals surface area contributed by atoms with Crippen molar-refractivity contribution in [3.8, 4) is 5.75 Å². The van der Waals surface area contributed by atoms with Crippen molar-refractivity contribution in [2.45, 2.75) is 45.6 Å². The molecule has 1 atom stereocenters. The molecule has 0 aliphatic heterocycles. The van der Waals surface area contributed by atoms with Crippen molar-refractivity contribution >= 4 is 5.97 Å². The van der Waals surface area contributed by atoms with E-state index in [1.807, 2.05) is 6.07 Å². The van der Waals surface area contributed by atoms with Crippen molar-refractivity contribution in [3.05, 3.63) is 28.8 Å². The number of ether oxygens (including phenoxy) is 1. The van der Waals surface area contributed by atoms with Crippen LogP contribution < -0.4 is 4.74 Å². The van der Waals surface area contributed by atoms with Crippen LogP contribution in [0.3, 0.4) is 0 Å². The number of aromatic carboxylic acids is 1. The minimum Gasteiger partial charge on any atom is -0.496 e. The minimum atomic E-state index is -0.919. The Hall–Kier alpha value is -1.55. The van der Waals surface area contributed by atoms with Crippen molar-refractivity contribution in [1.82, 2.24) is 4.90 Å². The van der Waals surface area contributed by atoms with E-state index in [-0.39, 0.29) is 5.56 Å². The van der Waals surface area contributed by atoms with Crippen LogP contribution in [-0.4, -0.2) is 42.2 Å². The lowest BCUT2D eigenvalue weighted by Gasteiger charge is -2.27. The molecule has 0 saturated heterocycles. The molecule has 116 valence electrons. The van der Waals surface area contributed by atoms with Gasteiger partial charge in [-0.3, -0.25) is 4.90 Å². The van der Waals surface area contributed by atoms with Gasteiger partial charge < -0.3 is 9.84 Å². The number of hydrogen-bond donors (Lipinski definition) is 1. The Morgan fingerprint density at radius 1 is 1.24 bits per heavy atom. The van der Waals surface area contributed by atoms with Gasteiger partial charge in [-0.15, -0.1) is 0 Å². The Morgan fingerprint density at radius 3 is 2.29 bits per heavy atom. The predicted molar refractivity (Wildman–Crippen MR) is 83.3 cm³/mol. The fraction of sp³-hybridized carbons (Fsp3) is 0.588. The molecule has 0 amide bonds. The molecule has 0 saturated carbocycles. The van der Waals surface area contributed by atoms with Gasteiger partial charge in [-0.2, -0.15) is 0 Å². The molecular formula is C17H25NO3. The van der Waals surface area contributed by atoms with Crippen LogP contribution in [0.25, 0.3) is 0 Å². The Balaban J connectivity index is 2.23. The predicted octanol–water partition coefficient (Wildman–Crippen LogP) is 2.98. The van der Waals surface area contributed by atoms with E-state index in [4.69, 9.17) is 4.74 Å². The maximum Gasteiger partial charge on any atom is 0.339 e. The van der Waals surface area contributed by atoms with Gasteiger partial charge in [-0.05, 0) is 62.0 Å².